The molecule has 0 amide bonds. The molecule has 0 N–H and O–H groups in total. The average molecular weight is 374 g/mol. The van der Waals surface area contributed by atoms with Gasteiger partial charge in [-0.2, -0.15) is 0 Å². The maximum Gasteiger partial charge on any atom is 0.270 e. The Labute approximate surface area is 152 Å². The first kappa shape index (κ1) is 17.2. The van der Waals surface area contributed by atoms with Crippen LogP contribution in [0.1, 0.15) is 22.3 Å². The molecule has 4 rings (SSSR count). The fourth-order valence-corrected chi connectivity index (χ4v) is 3.24. The molecule has 2 aliphatic rings. The molecular weight excluding hydrogens is 360 g/mol. The van der Waals surface area contributed by atoms with E-state index in [9.17, 15) is 20.2 Å². The zero-order valence-electron chi connectivity index (χ0n) is 14.0. The van der Waals surface area contributed by atoms with E-state index in [-0.39, 0.29) is 44.6 Å². The quantitative estimate of drug-likeness (QED) is 0.591. The molecule has 2 aromatic carbocycles. The maximum atomic E-state index is 11.3. The molecule has 0 fully saturated rings. The lowest BCUT2D eigenvalue weighted by Crippen LogP contribution is -2.16. The van der Waals surface area contributed by atoms with Crippen LogP contribution in [0, 0.1) is 20.2 Å². The molecule has 2 aromatic rings. The monoisotopic (exact) mass is 374 g/mol. The number of rotatable bonds is 4. The molecule has 0 aliphatic carbocycles. The number of hydrogen-bond acceptors (Lipinski definition) is 8. The zero-order chi connectivity index (χ0) is 19.0. The molecule has 0 unspecified atom stereocenters. The number of nitro benzene ring substituents is 2. The van der Waals surface area contributed by atoms with Crippen molar-refractivity contribution >= 4 is 11.4 Å². The van der Waals surface area contributed by atoms with Crippen molar-refractivity contribution < 1.29 is 28.8 Å². The minimum absolute atomic E-state index is 0.0369. The zero-order valence-corrected chi connectivity index (χ0v) is 14.0. The second-order valence-corrected chi connectivity index (χ2v) is 6.10. The van der Waals surface area contributed by atoms with Gasteiger partial charge >= 0.3 is 0 Å². The Kier molecular flexibility index (Phi) is 4.34. The van der Waals surface area contributed by atoms with Crippen molar-refractivity contribution in [2.45, 2.75) is 19.6 Å². The van der Waals surface area contributed by atoms with Crippen LogP contribution in [0.4, 0.5) is 11.4 Å². The number of fused-ring (bicyclic) bond motifs is 2. The van der Waals surface area contributed by atoms with Crippen LogP contribution in [0.25, 0.3) is 0 Å². The van der Waals surface area contributed by atoms with Crippen molar-refractivity contribution in [2.75, 3.05) is 13.6 Å². The third-order valence-corrected chi connectivity index (χ3v) is 4.35. The average Bonchev–Trinajstić information content (AvgIpc) is 2.67. The van der Waals surface area contributed by atoms with E-state index in [4.69, 9.17) is 18.9 Å². The highest BCUT2D eigenvalue weighted by atomic mass is 16.7. The van der Waals surface area contributed by atoms with Gasteiger partial charge in [0.1, 0.15) is 11.5 Å². The van der Waals surface area contributed by atoms with Crippen LogP contribution in [0.3, 0.4) is 0 Å². The van der Waals surface area contributed by atoms with Crippen LogP contribution >= 0.6 is 0 Å². The highest BCUT2D eigenvalue weighted by Gasteiger charge is 2.25. The normalized spacial score (nSPS) is 15.1. The summed E-state index contributed by atoms with van der Waals surface area (Å²) in [6.45, 7) is 0.465. The minimum Gasteiger partial charge on any atom is -0.467 e. The Bertz CT molecular complexity index is 868. The summed E-state index contributed by atoms with van der Waals surface area (Å²) in [5.41, 5.74) is 2.02. The number of ether oxygens (including phenoxy) is 4. The summed E-state index contributed by atoms with van der Waals surface area (Å²) >= 11 is 0. The number of nitro groups is 2. The molecule has 0 spiro atoms. The number of hydrogen-bond donors (Lipinski definition) is 0. The Morgan fingerprint density at radius 3 is 1.63 bits per heavy atom. The lowest BCUT2D eigenvalue weighted by molar-refractivity contribution is -0.385. The Balaban J connectivity index is 1.82. The Morgan fingerprint density at radius 1 is 0.778 bits per heavy atom. The van der Waals surface area contributed by atoms with Gasteiger partial charge in [-0.15, -0.1) is 0 Å². The van der Waals surface area contributed by atoms with E-state index < -0.39 is 9.85 Å². The van der Waals surface area contributed by atoms with Gasteiger partial charge < -0.3 is 18.9 Å². The summed E-state index contributed by atoms with van der Waals surface area (Å²) in [5, 5.41) is 22.5. The SMILES string of the molecule is O=[N+]([O-])c1cc2c(c(Cc3cc([N+](=O)[O-])cc4c3OCOC4)c1)OCOC2. The maximum absolute atomic E-state index is 11.3. The molecule has 2 aliphatic heterocycles. The molecule has 0 saturated heterocycles. The summed E-state index contributed by atoms with van der Waals surface area (Å²) in [5.74, 6) is 0.998. The van der Waals surface area contributed by atoms with Crippen LogP contribution < -0.4 is 9.47 Å². The van der Waals surface area contributed by atoms with E-state index in [0.717, 1.165) is 0 Å². The van der Waals surface area contributed by atoms with Crippen molar-refractivity contribution in [3.63, 3.8) is 0 Å². The smallest absolute Gasteiger partial charge is 0.270 e. The van der Waals surface area contributed by atoms with E-state index >= 15 is 0 Å². The minimum atomic E-state index is -0.494. The molecule has 0 aromatic heterocycles. The molecular formula is C17H14N2O8. The molecule has 0 bridgehead atoms. The van der Waals surface area contributed by atoms with Gasteiger partial charge in [-0.05, 0) is 0 Å². The van der Waals surface area contributed by atoms with Gasteiger partial charge in [0.25, 0.3) is 11.4 Å². The first-order chi connectivity index (χ1) is 13.0. The van der Waals surface area contributed by atoms with Crippen LogP contribution in [0.15, 0.2) is 24.3 Å². The largest absolute Gasteiger partial charge is 0.467 e. The summed E-state index contributed by atoms with van der Waals surface area (Å²) in [6, 6.07) is 5.64. The highest BCUT2D eigenvalue weighted by Crippen LogP contribution is 2.38. The van der Waals surface area contributed by atoms with Crippen LogP contribution in [0.2, 0.25) is 0 Å². The standard InChI is InChI=1S/C17H14N2O8/c20-18(21)14-2-10(16-12(4-14)6-24-8-26-16)1-11-3-15(19(22)23)5-13-7-25-9-27-17(11)13/h2-5H,1,6-9H2. The molecule has 2 heterocycles. The Hall–Kier alpha value is -3.24. The van der Waals surface area contributed by atoms with Crippen LogP contribution in [-0.2, 0) is 29.1 Å². The van der Waals surface area contributed by atoms with E-state index in [1.165, 1.54) is 24.3 Å². The fourth-order valence-electron chi connectivity index (χ4n) is 3.24. The van der Waals surface area contributed by atoms with E-state index in [1.807, 2.05) is 0 Å². The summed E-state index contributed by atoms with van der Waals surface area (Å²) in [7, 11) is 0. The highest BCUT2D eigenvalue weighted by molar-refractivity contribution is 5.56. The molecule has 10 heteroatoms. The predicted octanol–water partition coefficient (Wildman–Crippen LogP) is 2.83. The van der Waals surface area contributed by atoms with Crippen LogP contribution in [-0.4, -0.2) is 23.4 Å². The number of benzene rings is 2. The first-order valence-corrected chi connectivity index (χ1v) is 8.04. The molecule has 27 heavy (non-hydrogen) atoms. The summed E-state index contributed by atoms with van der Waals surface area (Å²) < 4.78 is 21.5. The van der Waals surface area contributed by atoms with E-state index in [2.05, 4.69) is 0 Å². The summed E-state index contributed by atoms with van der Waals surface area (Å²) in [6.07, 6.45) is 0.175. The second-order valence-electron chi connectivity index (χ2n) is 6.10. The van der Waals surface area contributed by atoms with Crippen molar-refractivity contribution in [3.05, 3.63) is 66.7 Å². The van der Waals surface area contributed by atoms with Gasteiger partial charge in [0.15, 0.2) is 13.6 Å². The van der Waals surface area contributed by atoms with Gasteiger partial charge in [0.05, 0.1) is 23.1 Å². The third-order valence-electron chi connectivity index (χ3n) is 4.35. The molecule has 140 valence electrons. The second kappa shape index (κ2) is 6.82. The lowest BCUT2D eigenvalue weighted by atomic mass is 9.97. The third kappa shape index (κ3) is 3.27. The van der Waals surface area contributed by atoms with Crippen molar-refractivity contribution in [3.8, 4) is 11.5 Å². The van der Waals surface area contributed by atoms with E-state index in [0.29, 0.717) is 33.8 Å². The number of nitrogens with zero attached hydrogens (tertiary/aromatic N) is 2. The van der Waals surface area contributed by atoms with Crippen molar-refractivity contribution in [2.24, 2.45) is 0 Å². The van der Waals surface area contributed by atoms with Crippen LogP contribution in [0.5, 0.6) is 11.5 Å². The Morgan fingerprint density at radius 2 is 1.22 bits per heavy atom. The van der Waals surface area contributed by atoms with Gasteiger partial charge in [-0.25, -0.2) is 0 Å². The molecule has 10 nitrogen and oxygen atoms in total. The lowest BCUT2D eigenvalue weighted by Gasteiger charge is -2.23. The number of non-ortho nitro benzene ring substituents is 2. The van der Waals surface area contributed by atoms with Crippen molar-refractivity contribution in [1.29, 1.82) is 0 Å². The summed E-state index contributed by atoms with van der Waals surface area (Å²) in [4.78, 5) is 21.5. The van der Waals surface area contributed by atoms with Gasteiger partial charge in [0.2, 0.25) is 0 Å². The van der Waals surface area contributed by atoms with Gasteiger partial charge in [0, 0.05) is 52.9 Å². The molecule has 0 radical (unpaired) electrons. The topological polar surface area (TPSA) is 123 Å². The predicted molar refractivity (Wildman–Crippen MR) is 89.6 cm³/mol. The van der Waals surface area contributed by atoms with Gasteiger partial charge in [-0.3, -0.25) is 20.2 Å². The molecule has 0 saturated carbocycles. The van der Waals surface area contributed by atoms with E-state index in [1.54, 1.807) is 0 Å². The van der Waals surface area contributed by atoms with Crippen molar-refractivity contribution in [1.82, 2.24) is 0 Å². The fraction of sp³-hybridized carbons (Fsp3) is 0.294. The van der Waals surface area contributed by atoms with Gasteiger partial charge in [-0.1, -0.05) is 0 Å². The first-order valence-electron chi connectivity index (χ1n) is 8.04. The molecule has 0 atom stereocenters.